The molecular formula is C15H22O5. The second kappa shape index (κ2) is 5.02. The highest BCUT2D eigenvalue weighted by Crippen LogP contribution is 2.56. The Morgan fingerprint density at radius 2 is 2.10 bits per heavy atom. The fraction of sp³-hybridized carbons (Fsp3) is 0.867. The van der Waals surface area contributed by atoms with Gasteiger partial charge in [-0.2, -0.15) is 0 Å². The second-order valence-corrected chi connectivity index (χ2v) is 6.29. The molecule has 7 atom stereocenters. The van der Waals surface area contributed by atoms with Crippen LogP contribution in [0.5, 0.6) is 0 Å². The minimum absolute atomic E-state index is 0.0676. The van der Waals surface area contributed by atoms with Crippen LogP contribution in [0.1, 0.15) is 26.7 Å². The summed E-state index contributed by atoms with van der Waals surface area (Å²) in [6.45, 7) is 4.32. The van der Waals surface area contributed by atoms with Crippen molar-refractivity contribution < 1.29 is 23.8 Å². The summed E-state index contributed by atoms with van der Waals surface area (Å²) in [6, 6.07) is 0. The molecule has 3 aliphatic rings. The summed E-state index contributed by atoms with van der Waals surface area (Å²) >= 11 is 0. The molecule has 3 fully saturated rings. The first-order chi connectivity index (χ1) is 9.58. The standard InChI is InChI=1S/C15H22O5/c1-4-7(2)14(16)20-13-9-5-8(12(13)18-3)10-6-19-15(17)11(9)10/h7-13H,4-6H2,1-3H3. The maximum absolute atomic E-state index is 12.0. The van der Waals surface area contributed by atoms with Gasteiger partial charge in [0.15, 0.2) is 0 Å². The quantitative estimate of drug-likeness (QED) is 0.729. The van der Waals surface area contributed by atoms with E-state index in [1.54, 1.807) is 7.11 Å². The Kier molecular flexibility index (Phi) is 3.48. The highest BCUT2D eigenvalue weighted by molar-refractivity contribution is 5.77. The maximum atomic E-state index is 12.0. The van der Waals surface area contributed by atoms with E-state index in [1.165, 1.54) is 0 Å². The molecule has 0 aromatic rings. The number of rotatable bonds is 4. The van der Waals surface area contributed by atoms with Crippen molar-refractivity contribution in [2.24, 2.45) is 29.6 Å². The van der Waals surface area contributed by atoms with Gasteiger partial charge in [-0.25, -0.2) is 0 Å². The lowest BCUT2D eigenvalue weighted by molar-refractivity contribution is -0.170. The van der Waals surface area contributed by atoms with Crippen LogP contribution in [-0.2, 0) is 23.8 Å². The van der Waals surface area contributed by atoms with Crippen molar-refractivity contribution in [3.05, 3.63) is 0 Å². The Hall–Kier alpha value is -1.10. The average molecular weight is 282 g/mol. The fourth-order valence-corrected chi connectivity index (χ4v) is 4.15. The monoisotopic (exact) mass is 282 g/mol. The van der Waals surface area contributed by atoms with Gasteiger partial charge in [0.05, 0.1) is 24.5 Å². The third-order valence-electron chi connectivity index (χ3n) is 5.41. The van der Waals surface area contributed by atoms with Gasteiger partial charge in [0.1, 0.15) is 6.10 Å². The highest BCUT2D eigenvalue weighted by Gasteiger charge is 2.65. The number of methoxy groups -OCH3 is 1. The van der Waals surface area contributed by atoms with Gasteiger partial charge in [0, 0.05) is 18.9 Å². The number of fused-ring (bicyclic) bond motifs is 5. The van der Waals surface area contributed by atoms with E-state index < -0.39 is 0 Å². The molecule has 0 amide bonds. The van der Waals surface area contributed by atoms with Crippen molar-refractivity contribution in [3.63, 3.8) is 0 Å². The van der Waals surface area contributed by atoms with Crippen molar-refractivity contribution in [1.29, 1.82) is 0 Å². The van der Waals surface area contributed by atoms with E-state index in [4.69, 9.17) is 14.2 Å². The topological polar surface area (TPSA) is 61.8 Å². The molecule has 0 radical (unpaired) electrons. The predicted molar refractivity (Wildman–Crippen MR) is 69.7 cm³/mol. The molecule has 2 aliphatic carbocycles. The lowest BCUT2D eigenvalue weighted by Gasteiger charge is -2.35. The third kappa shape index (κ3) is 1.86. The van der Waals surface area contributed by atoms with E-state index in [9.17, 15) is 9.59 Å². The van der Waals surface area contributed by atoms with Crippen LogP contribution in [0.3, 0.4) is 0 Å². The number of carbonyl (C=O) groups is 2. The van der Waals surface area contributed by atoms with Crippen LogP contribution in [0.4, 0.5) is 0 Å². The molecule has 112 valence electrons. The number of carbonyl (C=O) groups excluding carboxylic acids is 2. The summed E-state index contributed by atoms with van der Waals surface area (Å²) in [5.74, 6) is 0.0703. The number of hydrogen-bond donors (Lipinski definition) is 0. The minimum atomic E-state index is -0.293. The number of hydrogen-bond acceptors (Lipinski definition) is 5. The van der Waals surface area contributed by atoms with Crippen LogP contribution < -0.4 is 0 Å². The zero-order valence-electron chi connectivity index (χ0n) is 12.2. The van der Waals surface area contributed by atoms with Crippen LogP contribution in [0.15, 0.2) is 0 Å². The van der Waals surface area contributed by atoms with E-state index in [0.29, 0.717) is 6.61 Å². The molecule has 0 aromatic carbocycles. The summed E-state index contributed by atoms with van der Waals surface area (Å²) < 4.78 is 16.4. The van der Waals surface area contributed by atoms with Crippen molar-refractivity contribution >= 4 is 11.9 Å². The molecule has 1 aliphatic heterocycles. The van der Waals surface area contributed by atoms with Crippen LogP contribution in [0.25, 0.3) is 0 Å². The SMILES string of the molecule is CCC(C)C(=O)OC1C2CC(C3COC(=O)C32)C1OC. The first-order valence-corrected chi connectivity index (χ1v) is 7.48. The third-order valence-corrected chi connectivity index (χ3v) is 5.41. The Bertz CT molecular complexity index is 420. The van der Waals surface area contributed by atoms with E-state index in [0.717, 1.165) is 12.8 Å². The van der Waals surface area contributed by atoms with Crippen LogP contribution in [0.2, 0.25) is 0 Å². The normalized spacial score (nSPS) is 43.2. The molecule has 0 N–H and O–H groups in total. The largest absolute Gasteiger partial charge is 0.465 e. The van der Waals surface area contributed by atoms with Crippen LogP contribution in [-0.4, -0.2) is 37.9 Å². The maximum Gasteiger partial charge on any atom is 0.309 e. The van der Waals surface area contributed by atoms with E-state index in [2.05, 4.69) is 0 Å². The van der Waals surface area contributed by atoms with Gasteiger partial charge in [0.25, 0.3) is 0 Å². The smallest absolute Gasteiger partial charge is 0.309 e. The van der Waals surface area contributed by atoms with E-state index in [-0.39, 0.29) is 53.7 Å². The number of esters is 2. The molecule has 0 spiro atoms. The molecule has 5 nitrogen and oxygen atoms in total. The average Bonchev–Trinajstić information content (AvgIpc) is 3.09. The van der Waals surface area contributed by atoms with Gasteiger partial charge in [-0.1, -0.05) is 13.8 Å². The molecule has 20 heavy (non-hydrogen) atoms. The second-order valence-electron chi connectivity index (χ2n) is 6.29. The zero-order chi connectivity index (χ0) is 14.4. The Balaban J connectivity index is 1.77. The lowest BCUT2D eigenvalue weighted by Crippen LogP contribution is -2.46. The molecule has 1 heterocycles. The van der Waals surface area contributed by atoms with Crippen molar-refractivity contribution in [2.45, 2.75) is 38.9 Å². The minimum Gasteiger partial charge on any atom is -0.465 e. The first kappa shape index (κ1) is 13.9. The number of ether oxygens (including phenoxy) is 3. The lowest BCUT2D eigenvalue weighted by atomic mass is 9.78. The van der Waals surface area contributed by atoms with E-state index >= 15 is 0 Å². The van der Waals surface area contributed by atoms with Crippen LogP contribution >= 0.6 is 0 Å². The Morgan fingerprint density at radius 3 is 2.75 bits per heavy atom. The van der Waals surface area contributed by atoms with Gasteiger partial charge in [-0.15, -0.1) is 0 Å². The summed E-state index contributed by atoms with van der Waals surface area (Å²) in [6.07, 6.45) is 1.27. The molecule has 7 unspecified atom stereocenters. The van der Waals surface area contributed by atoms with Gasteiger partial charge in [-0.3, -0.25) is 9.59 Å². The summed E-state index contributed by atoms with van der Waals surface area (Å²) in [4.78, 5) is 23.9. The van der Waals surface area contributed by atoms with Gasteiger partial charge < -0.3 is 14.2 Å². The van der Waals surface area contributed by atoms with Crippen molar-refractivity contribution in [1.82, 2.24) is 0 Å². The van der Waals surface area contributed by atoms with Crippen molar-refractivity contribution in [3.8, 4) is 0 Å². The van der Waals surface area contributed by atoms with Crippen LogP contribution in [0, 0.1) is 29.6 Å². The molecule has 3 rings (SSSR count). The molecule has 1 saturated heterocycles. The predicted octanol–water partition coefficient (Wildman–Crippen LogP) is 1.40. The molecule has 2 bridgehead atoms. The van der Waals surface area contributed by atoms with Gasteiger partial charge in [-0.05, 0) is 18.8 Å². The summed E-state index contributed by atoms with van der Waals surface area (Å²) in [5.41, 5.74) is 0. The summed E-state index contributed by atoms with van der Waals surface area (Å²) in [5, 5.41) is 0. The number of cyclic esters (lactones) is 1. The molecule has 5 heteroatoms. The Morgan fingerprint density at radius 1 is 1.35 bits per heavy atom. The first-order valence-electron chi connectivity index (χ1n) is 7.48. The van der Waals surface area contributed by atoms with Gasteiger partial charge >= 0.3 is 11.9 Å². The highest BCUT2D eigenvalue weighted by atomic mass is 16.6. The molecule has 2 saturated carbocycles. The van der Waals surface area contributed by atoms with Crippen molar-refractivity contribution in [2.75, 3.05) is 13.7 Å². The van der Waals surface area contributed by atoms with E-state index in [1.807, 2.05) is 13.8 Å². The summed E-state index contributed by atoms with van der Waals surface area (Å²) in [7, 11) is 1.65. The molecule has 0 aromatic heterocycles. The zero-order valence-corrected chi connectivity index (χ0v) is 12.2. The Labute approximate surface area is 118 Å². The van der Waals surface area contributed by atoms with Gasteiger partial charge in [0.2, 0.25) is 0 Å². The fourth-order valence-electron chi connectivity index (χ4n) is 4.15. The molecular weight excluding hydrogens is 260 g/mol.